The molecule has 0 aromatic rings. The van der Waals surface area contributed by atoms with E-state index in [0.717, 1.165) is 23.7 Å². The topological polar surface area (TPSA) is 0 Å². The average Bonchev–Trinajstić information content (AvgIpc) is 2.57. The fourth-order valence-corrected chi connectivity index (χ4v) is 5.32. The minimum absolute atomic E-state index is 0.868. The van der Waals surface area contributed by atoms with Crippen LogP contribution in [0.25, 0.3) is 0 Å². The van der Waals surface area contributed by atoms with Gasteiger partial charge in [0.2, 0.25) is 0 Å². The third-order valence-corrected chi connectivity index (χ3v) is 6.39. The van der Waals surface area contributed by atoms with Gasteiger partial charge in [0.15, 0.2) is 0 Å². The van der Waals surface area contributed by atoms with Crippen LogP contribution in [0.5, 0.6) is 0 Å². The number of hydrogen-bond acceptors (Lipinski definition) is 0. The smallest absolute Gasteiger partial charge is 0.0132 e. The van der Waals surface area contributed by atoms with Crippen LogP contribution < -0.4 is 0 Å². The Bertz CT molecular complexity index is 363. The van der Waals surface area contributed by atoms with Crippen molar-refractivity contribution in [3.8, 4) is 0 Å². The molecule has 2 saturated carbocycles. The van der Waals surface area contributed by atoms with Crippen LogP contribution in [0.3, 0.4) is 0 Å². The molecule has 0 N–H and O–H groups in total. The van der Waals surface area contributed by atoms with E-state index in [1.54, 1.807) is 0 Å². The summed E-state index contributed by atoms with van der Waals surface area (Å²) in [6.07, 6.45) is 25.1. The van der Waals surface area contributed by atoms with Crippen molar-refractivity contribution in [2.45, 2.75) is 84.0 Å². The fraction of sp³-hybridized carbons (Fsp3) is 0.810. The van der Waals surface area contributed by atoms with E-state index in [-0.39, 0.29) is 0 Å². The Morgan fingerprint density at radius 1 is 0.905 bits per heavy atom. The van der Waals surface area contributed by atoms with Crippen LogP contribution in [0, 0.1) is 23.7 Å². The molecule has 0 heteroatoms. The molecule has 2 fully saturated rings. The summed E-state index contributed by atoms with van der Waals surface area (Å²) in [5, 5.41) is 0. The molecule has 0 nitrogen and oxygen atoms in total. The van der Waals surface area contributed by atoms with Crippen LogP contribution >= 0.6 is 0 Å². The van der Waals surface area contributed by atoms with Crippen LogP contribution in [0.15, 0.2) is 23.8 Å². The summed E-state index contributed by atoms with van der Waals surface area (Å²) in [6.45, 7) is 2.38. The van der Waals surface area contributed by atoms with Gasteiger partial charge in [0.25, 0.3) is 0 Å². The highest BCUT2D eigenvalue weighted by Gasteiger charge is 2.34. The molecule has 0 amide bonds. The van der Waals surface area contributed by atoms with Gasteiger partial charge in [0, 0.05) is 0 Å². The van der Waals surface area contributed by atoms with Crippen molar-refractivity contribution in [2.24, 2.45) is 23.7 Å². The average molecular weight is 287 g/mol. The van der Waals surface area contributed by atoms with Crippen LogP contribution in [-0.2, 0) is 0 Å². The van der Waals surface area contributed by atoms with E-state index >= 15 is 0 Å². The molecule has 118 valence electrons. The second kappa shape index (κ2) is 7.65. The molecule has 3 aliphatic carbocycles. The van der Waals surface area contributed by atoms with Crippen molar-refractivity contribution in [3.05, 3.63) is 23.8 Å². The lowest BCUT2D eigenvalue weighted by molar-refractivity contribution is 0.212. The quantitative estimate of drug-likeness (QED) is 0.541. The van der Waals surface area contributed by atoms with E-state index in [2.05, 4.69) is 25.2 Å². The molecule has 2 atom stereocenters. The maximum absolute atomic E-state index is 2.59. The molecule has 0 aromatic heterocycles. The normalized spacial score (nSPS) is 32.1. The zero-order valence-electron chi connectivity index (χ0n) is 14.0. The molecule has 0 radical (unpaired) electrons. The van der Waals surface area contributed by atoms with Crippen molar-refractivity contribution >= 4 is 0 Å². The van der Waals surface area contributed by atoms with Crippen LogP contribution in [0.1, 0.15) is 84.0 Å². The minimum atomic E-state index is 0.868. The van der Waals surface area contributed by atoms with Gasteiger partial charge < -0.3 is 0 Å². The molecule has 0 spiro atoms. The Hall–Kier alpha value is -0.520. The van der Waals surface area contributed by atoms with Gasteiger partial charge in [-0.05, 0) is 55.8 Å². The molecule has 0 bridgehead atoms. The van der Waals surface area contributed by atoms with Crippen LogP contribution in [0.2, 0.25) is 0 Å². The number of hydrogen-bond donors (Lipinski definition) is 0. The molecule has 0 saturated heterocycles. The van der Waals surface area contributed by atoms with Gasteiger partial charge in [-0.1, -0.05) is 75.7 Å². The summed E-state index contributed by atoms with van der Waals surface area (Å²) in [4.78, 5) is 0. The minimum Gasteiger partial charge on any atom is -0.0805 e. The predicted octanol–water partition coefficient (Wildman–Crippen LogP) is 6.68. The molecule has 3 aliphatic rings. The number of allylic oxidation sites excluding steroid dienone is 4. The van der Waals surface area contributed by atoms with Crippen molar-refractivity contribution < 1.29 is 0 Å². The highest BCUT2D eigenvalue weighted by molar-refractivity contribution is 5.26. The third kappa shape index (κ3) is 3.63. The maximum atomic E-state index is 2.59. The largest absolute Gasteiger partial charge is 0.0805 e. The lowest BCUT2D eigenvalue weighted by Gasteiger charge is -2.40. The Kier molecular flexibility index (Phi) is 5.61. The lowest BCUT2D eigenvalue weighted by Crippen LogP contribution is -2.30. The van der Waals surface area contributed by atoms with Crippen molar-refractivity contribution in [1.29, 1.82) is 0 Å². The Morgan fingerprint density at radius 2 is 1.57 bits per heavy atom. The van der Waals surface area contributed by atoms with E-state index in [4.69, 9.17) is 0 Å². The first-order valence-electron chi connectivity index (χ1n) is 9.78. The number of rotatable bonds is 4. The molecular formula is C21H34. The van der Waals surface area contributed by atoms with Gasteiger partial charge >= 0.3 is 0 Å². The first-order valence-corrected chi connectivity index (χ1v) is 9.78. The summed E-state index contributed by atoms with van der Waals surface area (Å²) < 4.78 is 0. The molecule has 0 aliphatic heterocycles. The SMILES string of the molecule is CCCC1C(C2CCCCC2)=CC=CC1C1CCCCC1. The second-order valence-corrected chi connectivity index (χ2v) is 7.76. The molecule has 3 rings (SSSR count). The lowest BCUT2D eigenvalue weighted by atomic mass is 9.65. The molecular weight excluding hydrogens is 252 g/mol. The molecule has 21 heavy (non-hydrogen) atoms. The summed E-state index contributed by atoms with van der Waals surface area (Å²) in [5.74, 6) is 3.66. The summed E-state index contributed by atoms with van der Waals surface area (Å²) in [6, 6.07) is 0. The van der Waals surface area contributed by atoms with Crippen molar-refractivity contribution in [3.63, 3.8) is 0 Å². The maximum Gasteiger partial charge on any atom is -0.0132 e. The van der Waals surface area contributed by atoms with E-state index < -0.39 is 0 Å². The van der Waals surface area contributed by atoms with Crippen molar-refractivity contribution in [1.82, 2.24) is 0 Å². The van der Waals surface area contributed by atoms with E-state index in [0.29, 0.717) is 0 Å². The standard InChI is InChI=1S/C21H34/c1-2-10-21-19(17-11-5-3-6-12-17)15-9-16-20(21)18-13-7-4-8-14-18/h9,15-19,21H,2-8,10-14H2,1H3. The van der Waals surface area contributed by atoms with E-state index in [1.807, 2.05) is 5.57 Å². The van der Waals surface area contributed by atoms with Crippen LogP contribution in [-0.4, -0.2) is 0 Å². The molecule has 0 aromatic carbocycles. The summed E-state index contributed by atoms with van der Waals surface area (Å²) in [7, 11) is 0. The van der Waals surface area contributed by atoms with E-state index in [9.17, 15) is 0 Å². The predicted molar refractivity (Wildman–Crippen MR) is 92.3 cm³/mol. The van der Waals surface area contributed by atoms with Gasteiger partial charge in [0.1, 0.15) is 0 Å². The fourth-order valence-electron chi connectivity index (χ4n) is 5.32. The third-order valence-electron chi connectivity index (χ3n) is 6.39. The van der Waals surface area contributed by atoms with Gasteiger partial charge in [-0.3, -0.25) is 0 Å². The van der Waals surface area contributed by atoms with Gasteiger partial charge in [-0.25, -0.2) is 0 Å². The molecule has 2 unspecified atom stereocenters. The Morgan fingerprint density at radius 3 is 2.24 bits per heavy atom. The Labute approximate surface area is 132 Å². The van der Waals surface area contributed by atoms with E-state index in [1.165, 1.54) is 77.0 Å². The monoisotopic (exact) mass is 286 g/mol. The zero-order valence-corrected chi connectivity index (χ0v) is 14.0. The van der Waals surface area contributed by atoms with Gasteiger partial charge in [-0.15, -0.1) is 0 Å². The van der Waals surface area contributed by atoms with Crippen molar-refractivity contribution in [2.75, 3.05) is 0 Å². The highest BCUT2D eigenvalue weighted by Crippen LogP contribution is 2.45. The van der Waals surface area contributed by atoms with Gasteiger partial charge in [-0.2, -0.15) is 0 Å². The highest BCUT2D eigenvalue weighted by atomic mass is 14.4. The first-order chi connectivity index (χ1) is 10.4. The second-order valence-electron chi connectivity index (χ2n) is 7.76. The zero-order chi connectivity index (χ0) is 14.5. The first kappa shape index (κ1) is 15.4. The summed E-state index contributed by atoms with van der Waals surface area (Å²) >= 11 is 0. The summed E-state index contributed by atoms with van der Waals surface area (Å²) in [5.41, 5.74) is 1.86. The Balaban J connectivity index is 1.75. The molecule has 0 heterocycles. The van der Waals surface area contributed by atoms with Crippen LogP contribution in [0.4, 0.5) is 0 Å². The van der Waals surface area contributed by atoms with Gasteiger partial charge in [0.05, 0.1) is 0 Å².